The monoisotopic (exact) mass is 426 g/mol. The highest BCUT2D eigenvalue weighted by molar-refractivity contribution is 8.31. The minimum Gasteiger partial charge on any atom is -0.300 e. The van der Waals surface area contributed by atoms with Crippen LogP contribution in [0.1, 0.15) is 48.0 Å². The van der Waals surface area contributed by atoms with E-state index < -0.39 is 13.6 Å². The van der Waals surface area contributed by atoms with Crippen LogP contribution >= 0.6 is 33.0 Å². The van der Waals surface area contributed by atoms with Crippen molar-refractivity contribution in [3.8, 4) is 0 Å². The Morgan fingerprint density at radius 2 is 0.917 bits per heavy atom. The fourth-order valence-corrected chi connectivity index (χ4v) is 0.637. The van der Waals surface area contributed by atoms with Gasteiger partial charge in [0.2, 0.25) is 0 Å². The van der Waals surface area contributed by atoms with Gasteiger partial charge in [-0.2, -0.15) is 8.42 Å². The maximum atomic E-state index is 10.2. The zero-order chi connectivity index (χ0) is 20.7. The van der Waals surface area contributed by atoms with Crippen molar-refractivity contribution < 1.29 is 32.4 Å². The molecule has 0 aliphatic carbocycles. The second-order valence-electron chi connectivity index (χ2n) is 4.45. The number of hydrogen-bond donors (Lipinski definition) is 0. The number of hydrogen-bond acceptors (Lipinski definition) is 7. The Labute approximate surface area is 155 Å². The molecule has 0 aromatic carbocycles. The lowest BCUT2D eigenvalue weighted by Gasteiger charge is -1.95. The molecule has 24 heavy (non-hydrogen) atoms. The van der Waals surface area contributed by atoms with E-state index >= 15 is 0 Å². The van der Waals surface area contributed by atoms with Gasteiger partial charge in [0.05, 0.1) is 6.42 Å². The summed E-state index contributed by atoms with van der Waals surface area (Å²) < 4.78 is 18.3. The van der Waals surface area contributed by atoms with Crippen molar-refractivity contribution in [2.24, 2.45) is 0 Å². The van der Waals surface area contributed by atoms with Gasteiger partial charge in [-0.15, -0.1) is 11.6 Å². The molecule has 11 heteroatoms. The van der Waals surface area contributed by atoms with Crippen molar-refractivity contribution in [2.45, 2.75) is 53.3 Å². The van der Waals surface area contributed by atoms with Gasteiger partial charge >= 0.3 is 8.26 Å². The highest BCUT2D eigenvalue weighted by Gasteiger charge is 2.14. The molecule has 0 saturated heterocycles. The van der Waals surface area contributed by atoms with E-state index in [1.54, 1.807) is 0 Å². The number of ketones is 5. The summed E-state index contributed by atoms with van der Waals surface area (Å²) in [7, 11) is 4.81. The Hall–Kier alpha value is -0.830. The number of carbonyl (C=O) groups excluding carboxylic acids is 5. The Bertz CT molecular complexity index is 504. The van der Waals surface area contributed by atoms with E-state index in [0.717, 1.165) is 0 Å². The smallest absolute Gasteiger partial charge is 0.300 e. The molecule has 0 aliphatic heterocycles. The van der Waals surface area contributed by atoms with E-state index in [2.05, 4.69) is 21.4 Å². The van der Waals surface area contributed by atoms with E-state index in [-0.39, 0.29) is 35.3 Å². The first-order valence-corrected chi connectivity index (χ1v) is 9.74. The molecule has 0 spiro atoms. The summed E-state index contributed by atoms with van der Waals surface area (Å²) in [5, 5.41) is -0.935. The standard InChI is InChI=1S/C5H7ClO2.C5H8O2.C3H6O.Cl2O2S/c1-3(7)5(6)4(2)8;1-4(6)3-5(2)7;1-3(2)4;1-5(2,3)4/h5H,1-2H3;3H2,1-2H3;1-2H3;. The predicted octanol–water partition coefficient (Wildman–Crippen LogP) is 2.63. The summed E-state index contributed by atoms with van der Waals surface area (Å²) in [4.78, 5) is 50.0. The van der Waals surface area contributed by atoms with Crippen molar-refractivity contribution in [3.05, 3.63) is 0 Å². The number of alkyl halides is 1. The topological polar surface area (TPSA) is 119 Å². The van der Waals surface area contributed by atoms with E-state index in [4.69, 9.17) is 20.0 Å². The lowest BCUT2D eigenvalue weighted by Crippen LogP contribution is -2.18. The molecule has 0 unspecified atom stereocenters. The maximum Gasteiger partial charge on any atom is 0.317 e. The van der Waals surface area contributed by atoms with Crippen LogP contribution in [0.15, 0.2) is 0 Å². The predicted molar refractivity (Wildman–Crippen MR) is 94.0 cm³/mol. The lowest BCUT2D eigenvalue weighted by atomic mass is 10.2. The van der Waals surface area contributed by atoms with E-state index in [9.17, 15) is 24.0 Å². The fraction of sp³-hybridized carbons (Fsp3) is 0.615. The number of halogens is 3. The number of rotatable bonds is 4. The summed E-state index contributed by atoms with van der Waals surface area (Å²) >= 11 is 5.25. The van der Waals surface area contributed by atoms with Gasteiger partial charge < -0.3 is 4.79 Å². The van der Waals surface area contributed by atoms with Gasteiger partial charge in [0.15, 0.2) is 11.6 Å². The van der Waals surface area contributed by atoms with Gasteiger partial charge in [0.25, 0.3) is 0 Å². The third-order valence-corrected chi connectivity index (χ3v) is 1.83. The molecule has 142 valence electrons. The first kappa shape index (κ1) is 31.0. The van der Waals surface area contributed by atoms with Crippen LogP contribution in [0.4, 0.5) is 0 Å². The van der Waals surface area contributed by atoms with Crippen molar-refractivity contribution in [1.29, 1.82) is 0 Å². The van der Waals surface area contributed by atoms with Crippen molar-refractivity contribution in [3.63, 3.8) is 0 Å². The van der Waals surface area contributed by atoms with Gasteiger partial charge in [0.1, 0.15) is 22.7 Å². The van der Waals surface area contributed by atoms with Crippen molar-refractivity contribution in [1.82, 2.24) is 0 Å². The van der Waals surface area contributed by atoms with Crippen molar-refractivity contribution in [2.75, 3.05) is 0 Å². The minimum atomic E-state index is -3.72. The van der Waals surface area contributed by atoms with Crippen LogP contribution in [0.3, 0.4) is 0 Å². The maximum absolute atomic E-state index is 10.2. The van der Waals surface area contributed by atoms with E-state index in [1.165, 1.54) is 41.5 Å². The van der Waals surface area contributed by atoms with Crippen LogP contribution < -0.4 is 0 Å². The second kappa shape index (κ2) is 17.0. The largest absolute Gasteiger partial charge is 0.317 e. The molecule has 0 aromatic heterocycles. The normalized spacial score (nSPS) is 9.08. The first-order valence-electron chi connectivity index (χ1n) is 6.17. The molecule has 0 saturated carbocycles. The van der Waals surface area contributed by atoms with Gasteiger partial charge in [-0.3, -0.25) is 19.2 Å². The molecule has 0 aliphatic rings. The van der Waals surface area contributed by atoms with E-state index in [0.29, 0.717) is 0 Å². The summed E-state index contributed by atoms with van der Waals surface area (Å²) in [5.74, 6) is -0.543. The van der Waals surface area contributed by atoms with Crippen LogP contribution in [-0.2, 0) is 32.2 Å². The highest BCUT2D eigenvalue weighted by Crippen LogP contribution is 1.98. The molecule has 0 rings (SSSR count). The number of carbonyl (C=O) groups is 5. The zero-order valence-corrected chi connectivity index (χ0v) is 17.3. The van der Waals surface area contributed by atoms with Crippen LogP contribution in [0.5, 0.6) is 0 Å². The van der Waals surface area contributed by atoms with Crippen LogP contribution in [0, 0.1) is 0 Å². The van der Waals surface area contributed by atoms with Crippen molar-refractivity contribution >= 4 is 70.1 Å². The van der Waals surface area contributed by atoms with Crippen LogP contribution in [0.2, 0.25) is 0 Å². The lowest BCUT2D eigenvalue weighted by molar-refractivity contribution is -0.126. The van der Waals surface area contributed by atoms with Gasteiger partial charge in [0, 0.05) is 21.4 Å². The second-order valence-corrected chi connectivity index (χ2v) is 8.56. The zero-order valence-electron chi connectivity index (χ0n) is 14.2. The summed E-state index contributed by atoms with van der Waals surface area (Å²) in [6.07, 6.45) is 0.0833. The summed E-state index contributed by atoms with van der Waals surface area (Å²) in [6.45, 7) is 8.45. The molecule has 0 atom stereocenters. The Morgan fingerprint density at radius 3 is 0.917 bits per heavy atom. The quantitative estimate of drug-likeness (QED) is 0.384. The number of Topliss-reactive ketones (excluding diaryl/α,β-unsaturated/α-hetero) is 5. The Kier molecular flexibility index (Phi) is 22.0. The Morgan fingerprint density at radius 1 is 0.750 bits per heavy atom. The third kappa shape index (κ3) is 69.0. The summed E-state index contributed by atoms with van der Waals surface area (Å²) in [5.41, 5.74) is 0. The molecule has 7 nitrogen and oxygen atoms in total. The molecule has 0 N–H and O–H groups in total. The van der Waals surface area contributed by atoms with Crippen LogP contribution in [-0.4, -0.2) is 42.7 Å². The SMILES string of the molecule is CC(=O)C(Cl)C(C)=O.CC(=O)CC(C)=O.CC(C)=O.O=S(=O)(Cl)Cl. The molecular formula is C13H21Cl3O7S. The molecule has 0 fully saturated rings. The van der Waals surface area contributed by atoms with Gasteiger partial charge in [-0.05, 0) is 41.5 Å². The summed E-state index contributed by atoms with van der Waals surface area (Å²) in [6, 6.07) is 0. The average Bonchev–Trinajstić information content (AvgIpc) is 2.23. The minimum absolute atomic E-state index is 0.0625. The highest BCUT2D eigenvalue weighted by atomic mass is 36.0. The fourth-order valence-electron chi connectivity index (χ4n) is 0.637. The van der Waals surface area contributed by atoms with Crippen LogP contribution in [0.25, 0.3) is 0 Å². The molecule has 0 heterocycles. The first-order chi connectivity index (χ1) is 10.4. The molecule has 0 bridgehead atoms. The van der Waals surface area contributed by atoms with E-state index in [1.807, 2.05) is 0 Å². The third-order valence-electron chi connectivity index (χ3n) is 1.21. The van der Waals surface area contributed by atoms with Gasteiger partial charge in [-0.25, -0.2) is 0 Å². The average molecular weight is 428 g/mol. The van der Waals surface area contributed by atoms with Gasteiger partial charge in [-0.1, -0.05) is 0 Å². The molecule has 0 amide bonds. The Balaban J connectivity index is -0.000000115. The molecule has 0 radical (unpaired) electrons. The molecule has 0 aromatic rings. The molecular weight excluding hydrogens is 407 g/mol.